The van der Waals surface area contributed by atoms with Crippen LogP contribution in [0.1, 0.15) is 31.2 Å². The van der Waals surface area contributed by atoms with Gasteiger partial charge in [-0.1, -0.05) is 43.2 Å². The fraction of sp³-hybridized carbons (Fsp3) is 0.600. The van der Waals surface area contributed by atoms with Crippen molar-refractivity contribution in [1.82, 2.24) is 0 Å². The second kappa shape index (κ2) is 6.77. The van der Waals surface area contributed by atoms with Gasteiger partial charge in [-0.15, -0.1) is 0 Å². The Morgan fingerprint density at radius 1 is 1.06 bits per heavy atom. The third-order valence-corrected chi connectivity index (χ3v) is 3.51. The average Bonchev–Trinajstić information content (AvgIpc) is 2.40. The van der Waals surface area contributed by atoms with Crippen LogP contribution in [0.3, 0.4) is 0 Å². The van der Waals surface area contributed by atoms with E-state index in [0.29, 0.717) is 12.2 Å². The third-order valence-electron chi connectivity index (χ3n) is 3.51. The molecule has 1 aliphatic rings. The van der Waals surface area contributed by atoms with Crippen LogP contribution in [-0.2, 0) is 15.9 Å². The summed E-state index contributed by atoms with van der Waals surface area (Å²) < 4.78 is 11.4. The van der Waals surface area contributed by atoms with Crippen LogP contribution in [0, 0.1) is 0 Å². The van der Waals surface area contributed by atoms with E-state index in [9.17, 15) is 0 Å². The number of benzene rings is 1. The largest absolute Gasteiger partial charge is 0.379 e. The molecule has 2 heteroatoms. The highest BCUT2D eigenvalue weighted by molar-refractivity contribution is 5.14. The molecule has 17 heavy (non-hydrogen) atoms. The van der Waals surface area contributed by atoms with Crippen LogP contribution < -0.4 is 0 Å². The topological polar surface area (TPSA) is 18.5 Å². The molecule has 0 unspecified atom stereocenters. The Bertz CT molecular complexity index is 310. The van der Waals surface area contributed by atoms with Gasteiger partial charge in [0.1, 0.15) is 0 Å². The van der Waals surface area contributed by atoms with E-state index in [1.807, 2.05) is 6.07 Å². The maximum absolute atomic E-state index is 5.97. The van der Waals surface area contributed by atoms with E-state index in [1.165, 1.54) is 18.4 Å². The zero-order chi connectivity index (χ0) is 11.9. The monoisotopic (exact) mass is 234 g/mol. The van der Waals surface area contributed by atoms with Crippen molar-refractivity contribution >= 4 is 0 Å². The highest BCUT2D eigenvalue weighted by Gasteiger charge is 2.25. The fourth-order valence-corrected chi connectivity index (χ4v) is 2.50. The van der Waals surface area contributed by atoms with Crippen molar-refractivity contribution in [2.24, 2.45) is 0 Å². The second-order valence-electron chi connectivity index (χ2n) is 4.70. The maximum Gasteiger partial charge on any atom is 0.0836 e. The second-order valence-corrected chi connectivity index (χ2v) is 4.70. The Balaban J connectivity index is 1.74. The van der Waals surface area contributed by atoms with Gasteiger partial charge in [0.2, 0.25) is 0 Å². The lowest BCUT2D eigenvalue weighted by atomic mass is 9.94. The zero-order valence-corrected chi connectivity index (χ0v) is 10.6. The molecule has 0 spiro atoms. The summed E-state index contributed by atoms with van der Waals surface area (Å²) in [4.78, 5) is 0. The van der Waals surface area contributed by atoms with Gasteiger partial charge in [-0.05, 0) is 24.8 Å². The zero-order valence-electron chi connectivity index (χ0n) is 10.6. The molecule has 1 fully saturated rings. The van der Waals surface area contributed by atoms with Gasteiger partial charge in [0.15, 0.2) is 0 Å². The van der Waals surface area contributed by atoms with Gasteiger partial charge in [-0.2, -0.15) is 0 Å². The number of ether oxygens (including phenoxy) is 2. The van der Waals surface area contributed by atoms with Crippen molar-refractivity contribution in [1.29, 1.82) is 0 Å². The summed E-state index contributed by atoms with van der Waals surface area (Å²) in [7, 11) is 1.80. The van der Waals surface area contributed by atoms with Crippen molar-refractivity contribution in [2.45, 2.75) is 44.3 Å². The molecule has 0 aliphatic heterocycles. The summed E-state index contributed by atoms with van der Waals surface area (Å²) in [5.74, 6) is 0. The Hall–Kier alpha value is -0.860. The van der Waals surface area contributed by atoms with Crippen LogP contribution in [0.4, 0.5) is 0 Å². The van der Waals surface area contributed by atoms with E-state index in [4.69, 9.17) is 9.47 Å². The smallest absolute Gasteiger partial charge is 0.0836 e. The van der Waals surface area contributed by atoms with Crippen molar-refractivity contribution in [2.75, 3.05) is 13.7 Å². The van der Waals surface area contributed by atoms with Gasteiger partial charge in [-0.3, -0.25) is 0 Å². The van der Waals surface area contributed by atoms with Crippen molar-refractivity contribution in [3.63, 3.8) is 0 Å². The highest BCUT2D eigenvalue weighted by Crippen LogP contribution is 2.23. The van der Waals surface area contributed by atoms with Gasteiger partial charge >= 0.3 is 0 Å². The molecule has 1 aromatic rings. The normalized spacial score (nSPS) is 24.8. The van der Waals surface area contributed by atoms with E-state index < -0.39 is 0 Å². The lowest BCUT2D eigenvalue weighted by Crippen LogP contribution is -2.34. The molecule has 2 nitrogen and oxygen atoms in total. The van der Waals surface area contributed by atoms with Crippen molar-refractivity contribution < 1.29 is 9.47 Å². The molecular weight excluding hydrogens is 212 g/mol. The first kappa shape index (κ1) is 12.6. The predicted molar refractivity (Wildman–Crippen MR) is 69.2 cm³/mol. The molecular formula is C15H22O2. The van der Waals surface area contributed by atoms with Crippen LogP contribution in [0.15, 0.2) is 30.3 Å². The van der Waals surface area contributed by atoms with E-state index in [1.54, 1.807) is 7.11 Å². The summed E-state index contributed by atoms with van der Waals surface area (Å²) >= 11 is 0. The van der Waals surface area contributed by atoms with E-state index in [-0.39, 0.29) is 0 Å². The van der Waals surface area contributed by atoms with Crippen LogP contribution in [0.2, 0.25) is 0 Å². The number of rotatable bonds is 5. The lowest BCUT2D eigenvalue weighted by molar-refractivity contribution is -0.0756. The Labute approximate surface area is 104 Å². The quantitative estimate of drug-likeness (QED) is 0.779. The molecule has 1 saturated carbocycles. The van der Waals surface area contributed by atoms with Crippen molar-refractivity contribution in [3.8, 4) is 0 Å². The number of methoxy groups -OCH3 is 1. The molecule has 0 saturated heterocycles. The van der Waals surface area contributed by atoms with Crippen LogP contribution in [0.25, 0.3) is 0 Å². The molecule has 0 aromatic heterocycles. The molecule has 0 heterocycles. The molecule has 0 radical (unpaired) electrons. The van der Waals surface area contributed by atoms with E-state index in [2.05, 4.69) is 24.3 Å². The van der Waals surface area contributed by atoms with Gasteiger partial charge in [-0.25, -0.2) is 0 Å². The minimum Gasteiger partial charge on any atom is -0.379 e. The average molecular weight is 234 g/mol. The van der Waals surface area contributed by atoms with Crippen LogP contribution in [-0.4, -0.2) is 25.9 Å². The summed E-state index contributed by atoms with van der Waals surface area (Å²) in [5, 5.41) is 0. The Morgan fingerprint density at radius 2 is 1.76 bits per heavy atom. The first-order chi connectivity index (χ1) is 8.40. The summed E-state index contributed by atoms with van der Waals surface area (Å²) in [6.07, 6.45) is 6.44. The molecule has 2 rings (SSSR count). The van der Waals surface area contributed by atoms with E-state index in [0.717, 1.165) is 25.9 Å². The minimum atomic E-state index is 0.303. The Morgan fingerprint density at radius 3 is 2.47 bits per heavy atom. The van der Waals surface area contributed by atoms with Gasteiger partial charge in [0.05, 0.1) is 18.8 Å². The van der Waals surface area contributed by atoms with Gasteiger partial charge < -0.3 is 9.47 Å². The van der Waals surface area contributed by atoms with E-state index >= 15 is 0 Å². The molecule has 1 aliphatic carbocycles. The molecule has 1 aromatic carbocycles. The number of hydrogen-bond acceptors (Lipinski definition) is 2. The summed E-state index contributed by atoms with van der Waals surface area (Å²) in [5.41, 5.74) is 1.34. The number of hydrogen-bond donors (Lipinski definition) is 0. The van der Waals surface area contributed by atoms with Crippen molar-refractivity contribution in [3.05, 3.63) is 35.9 Å². The first-order valence-electron chi connectivity index (χ1n) is 6.58. The SMILES string of the molecule is CO[C@@H]1CCCC[C@@H]1OCCc1ccccc1. The highest BCUT2D eigenvalue weighted by atomic mass is 16.5. The fourth-order valence-electron chi connectivity index (χ4n) is 2.50. The standard InChI is InChI=1S/C15H22O2/c1-16-14-9-5-6-10-15(14)17-12-11-13-7-3-2-4-8-13/h2-4,7-8,14-15H,5-6,9-12H2,1H3/t14-,15+/m1/s1. The molecule has 0 N–H and O–H groups in total. The van der Waals surface area contributed by atoms with Crippen LogP contribution in [0.5, 0.6) is 0 Å². The maximum atomic E-state index is 5.97. The van der Waals surface area contributed by atoms with Gasteiger partial charge in [0, 0.05) is 7.11 Å². The Kier molecular flexibility index (Phi) is 5.02. The first-order valence-corrected chi connectivity index (χ1v) is 6.58. The van der Waals surface area contributed by atoms with Gasteiger partial charge in [0.25, 0.3) is 0 Å². The molecule has 2 atom stereocenters. The third kappa shape index (κ3) is 3.83. The summed E-state index contributed by atoms with van der Waals surface area (Å²) in [6, 6.07) is 10.5. The summed E-state index contributed by atoms with van der Waals surface area (Å²) in [6.45, 7) is 0.800. The molecule has 0 amide bonds. The molecule has 94 valence electrons. The van der Waals surface area contributed by atoms with Crippen LogP contribution >= 0.6 is 0 Å². The predicted octanol–water partition coefficient (Wildman–Crippen LogP) is 3.20. The molecule has 0 bridgehead atoms. The lowest BCUT2D eigenvalue weighted by Gasteiger charge is -2.30. The minimum absolute atomic E-state index is 0.303.